The number of nitrogens with zero attached hydrogens (tertiary/aromatic N) is 2. The molecule has 1 amide bonds. The molecule has 0 fully saturated rings. The molecule has 0 aliphatic heterocycles. The first-order valence-corrected chi connectivity index (χ1v) is 6.37. The molecule has 0 unspecified atom stereocenters. The zero-order valence-corrected chi connectivity index (χ0v) is 12.1. The smallest absolute Gasteiger partial charge is 0.254 e. The average molecular weight is 265 g/mol. The summed E-state index contributed by atoms with van der Waals surface area (Å²) >= 11 is 0. The highest BCUT2D eigenvalue weighted by Crippen LogP contribution is 2.23. The van der Waals surface area contributed by atoms with Crippen molar-refractivity contribution in [1.82, 2.24) is 4.90 Å². The molecular formula is C14H23N3O2. The Morgan fingerprint density at radius 3 is 2.42 bits per heavy atom. The second-order valence-corrected chi connectivity index (χ2v) is 4.98. The van der Waals surface area contributed by atoms with Gasteiger partial charge >= 0.3 is 0 Å². The van der Waals surface area contributed by atoms with Crippen LogP contribution in [-0.2, 0) is 0 Å². The van der Waals surface area contributed by atoms with Gasteiger partial charge in [-0.05, 0) is 32.0 Å². The topological polar surface area (TPSA) is 69.8 Å². The highest BCUT2D eigenvalue weighted by atomic mass is 16.3. The Kier molecular flexibility index (Phi) is 5.18. The van der Waals surface area contributed by atoms with Gasteiger partial charge in [0.15, 0.2) is 0 Å². The molecular weight excluding hydrogens is 242 g/mol. The van der Waals surface area contributed by atoms with Gasteiger partial charge in [-0.1, -0.05) is 0 Å². The Labute approximate surface area is 114 Å². The summed E-state index contributed by atoms with van der Waals surface area (Å²) < 4.78 is 0. The fraction of sp³-hybridized carbons (Fsp3) is 0.500. The third kappa shape index (κ3) is 3.61. The van der Waals surface area contributed by atoms with Gasteiger partial charge in [-0.3, -0.25) is 4.79 Å². The number of anilines is 2. The fourth-order valence-corrected chi connectivity index (χ4v) is 1.96. The summed E-state index contributed by atoms with van der Waals surface area (Å²) in [6, 6.07) is 5.32. The molecule has 106 valence electrons. The number of carbonyl (C=O) groups is 1. The van der Waals surface area contributed by atoms with Crippen LogP contribution in [0, 0.1) is 0 Å². The summed E-state index contributed by atoms with van der Waals surface area (Å²) in [7, 11) is 3.80. The molecule has 19 heavy (non-hydrogen) atoms. The normalized spacial score (nSPS) is 10.6. The van der Waals surface area contributed by atoms with Crippen LogP contribution in [-0.4, -0.2) is 49.2 Å². The van der Waals surface area contributed by atoms with Gasteiger partial charge in [0.2, 0.25) is 0 Å². The maximum absolute atomic E-state index is 12.4. The second kappa shape index (κ2) is 6.43. The molecule has 0 saturated carbocycles. The molecule has 0 bridgehead atoms. The van der Waals surface area contributed by atoms with Crippen LogP contribution < -0.4 is 10.6 Å². The maximum atomic E-state index is 12.4. The molecule has 0 heterocycles. The van der Waals surface area contributed by atoms with E-state index in [2.05, 4.69) is 0 Å². The number of aliphatic hydroxyl groups excluding tert-OH is 1. The van der Waals surface area contributed by atoms with Crippen LogP contribution >= 0.6 is 0 Å². The summed E-state index contributed by atoms with van der Waals surface area (Å²) in [5.74, 6) is -0.110. The van der Waals surface area contributed by atoms with Crippen molar-refractivity contribution in [1.29, 1.82) is 0 Å². The quantitative estimate of drug-likeness (QED) is 0.784. The summed E-state index contributed by atoms with van der Waals surface area (Å²) in [5.41, 5.74) is 7.95. The minimum Gasteiger partial charge on any atom is -0.397 e. The van der Waals surface area contributed by atoms with Crippen LogP contribution in [0.3, 0.4) is 0 Å². The first kappa shape index (κ1) is 15.3. The molecule has 0 atom stereocenters. The zero-order chi connectivity index (χ0) is 14.6. The number of hydrogen-bond acceptors (Lipinski definition) is 4. The number of carbonyl (C=O) groups excluding carboxylic acids is 1. The van der Waals surface area contributed by atoms with Crippen molar-refractivity contribution in [2.45, 2.75) is 19.9 Å². The molecule has 5 nitrogen and oxygen atoms in total. The van der Waals surface area contributed by atoms with Gasteiger partial charge in [-0.25, -0.2) is 0 Å². The molecule has 0 aliphatic rings. The number of nitrogen functional groups attached to an aromatic ring is 1. The number of amides is 1. The minimum absolute atomic E-state index is 0.0365. The van der Waals surface area contributed by atoms with Gasteiger partial charge in [0.05, 0.1) is 18.0 Å². The van der Waals surface area contributed by atoms with E-state index in [1.54, 1.807) is 17.0 Å². The Morgan fingerprint density at radius 1 is 1.37 bits per heavy atom. The van der Waals surface area contributed by atoms with E-state index in [4.69, 9.17) is 10.8 Å². The molecule has 0 aromatic heterocycles. The highest BCUT2D eigenvalue weighted by Gasteiger charge is 2.19. The molecule has 5 heteroatoms. The van der Waals surface area contributed by atoms with Crippen LogP contribution in [0.4, 0.5) is 11.4 Å². The third-order valence-corrected chi connectivity index (χ3v) is 2.98. The van der Waals surface area contributed by atoms with Gasteiger partial charge < -0.3 is 20.6 Å². The Balaban J connectivity index is 3.02. The lowest BCUT2D eigenvalue weighted by Crippen LogP contribution is -2.39. The van der Waals surface area contributed by atoms with Crippen molar-refractivity contribution in [3.05, 3.63) is 23.8 Å². The van der Waals surface area contributed by atoms with Crippen LogP contribution in [0.5, 0.6) is 0 Å². The fourth-order valence-electron chi connectivity index (χ4n) is 1.96. The summed E-state index contributed by atoms with van der Waals surface area (Å²) in [5, 5.41) is 9.03. The minimum atomic E-state index is -0.110. The molecule has 1 aromatic carbocycles. The van der Waals surface area contributed by atoms with Crippen LogP contribution in [0.1, 0.15) is 24.2 Å². The largest absolute Gasteiger partial charge is 0.397 e. The van der Waals surface area contributed by atoms with Gasteiger partial charge in [0, 0.05) is 32.2 Å². The third-order valence-electron chi connectivity index (χ3n) is 2.98. The lowest BCUT2D eigenvalue weighted by atomic mass is 10.1. The molecule has 0 radical (unpaired) electrons. The van der Waals surface area contributed by atoms with Crippen molar-refractivity contribution in [3.63, 3.8) is 0 Å². The zero-order valence-electron chi connectivity index (χ0n) is 12.1. The van der Waals surface area contributed by atoms with Crippen LogP contribution in [0.15, 0.2) is 18.2 Å². The first-order chi connectivity index (χ1) is 8.88. The molecule has 1 aromatic rings. The summed E-state index contributed by atoms with van der Waals surface area (Å²) in [6.45, 7) is 4.12. The number of rotatable bonds is 5. The Morgan fingerprint density at radius 2 is 2.00 bits per heavy atom. The van der Waals surface area contributed by atoms with E-state index in [1.807, 2.05) is 38.9 Å². The Bertz CT molecular complexity index is 444. The first-order valence-electron chi connectivity index (χ1n) is 6.37. The molecule has 3 N–H and O–H groups in total. The summed E-state index contributed by atoms with van der Waals surface area (Å²) in [4.78, 5) is 15.9. The standard InChI is InChI=1S/C14H23N3O2/c1-10(2)17(7-8-18)14(19)11-5-6-13(16(3)4)12(15)9-11/h5-6,9-10,18H,7-8,15H2,1-4H3. The van der Waals surface area contributed by atoms with E-state index < -0.39 is 0 Å². The summed E-state index contributed by atoms with van der Waals surface area (Å²) in [6.07, 6.45) is 0. The van der Waals surface area contributed by atoms with Crippen LogP contribution in [0.2, 0.25) is 0 Å². The highest BCUT2D eigenvalue weighted by molar-refractivity contribution is 5.96. The van der Waals surface area contributed by atoms with Gasteiger partial charge in [0.25, 0.3) is 5.91 Å². The van der Waals surface area contributed by atoms with Crippen molar-refractivity contribution in [2.75, 3.05) is 37.9 Å². The lowest BCUT2D eigenvalue weighted by Gasteiger charge is -2.26. The van der Waals surface area contributed by atoms with Crippen molar-refractivity contribution in [3.8, 4) is 0 Å². The van der Waals surface area contributed by atoms with Gasteiger partial charge in [-0.2, -0.15) is 0 Å². The number of aliphatic hydroxyl groups is 1. The average Bonchev–Trinajstić information content (AvgIpc) is 2.34. The van der Waals surface area contributed by atoms with E-state index in [0.29, 0.717) is 17.8 Å². The monoisotopic (exact) mass is 265 g/mol. The van der Waals surface area contributed by atoms with Crippen molar-refractivity contribution >= 4 is 17.3 Å². The lowest BCUT2D eigenvalue weighted by molar-refractivity contribution is 0.0665. The van der Waals surface area contributed by atoms with Gasteiger partial charge in [-0.15, -0.1) is 0 Å². The molecule has 1 rings (SSSR count). The van der Waals surface area contributed by atoms with Crippen molar-refractivity contribution < 1.29 is 9.90 Å². The van der Waals surface area contributed by atoms with Crippen molar-refractivity contribution in [2.24, 2.45) is 0 Å². The molecule has 0 spiro atoms. The predicted molar refractivity (Wildman–Crippen MR) is 78.4 cm³/mol. The van der Waals surface area contributed by atoms with Crippen LogP contribution in [0.25, 0.3) is 0 Å². The number of benzene rings is 1. The number of hydrogen-bond donors (Lipinski definition) is 2. The van der Waals surface area contributed by atoms with Gasteiger partial charge in [0.1, 0.15) is 0 Å². The molecule has 0 saturated heterocycles. The SMILES string of the molecule is CC(C)N(CCO)C(=O)c1ccc(N(C)C)c(N)c1. The predicted octanol–water partition coefficient (Wildman–Crippen LogP) is 1.18. The molecule has 0 aliphatic carbocycles. The van der Waals surface area contributed by atoms with E-state index in [-0.39, 0.29) is 18.6 Å². The van der Waals surface area contributed by atoms with E-state index in [1.165, 1.54) is 0 Å². The van der Waals surface area contributed by atoms with E-state index in [0.717, 1.165) is 5.69 Å². The Hall–Kier alpha value is -1.75. The maximum Gasteiger partial charge on any atom is 0.254 e. The second-order valence-electron chi connectivity index (χ2n) is 4.98. The van der Waals surface area contributed by atoms with E-state index in [9.17, 15) is 4.79 Å². The van der Waals surface area contributed by atoms with E-state index >= 15 is 0 Å². The number of nitrogens with two attached hydrogens (primary N) is 1.